The Labute approximate surface area is 190 Å². The average Bonchev–Trinajstić information content (AvgIpc) is 3.23. The molecule has 5 rings (SSSR count). The minimum atomic E-state index is -0.559. The Kier molecular flexibility index (Phi) is 5.82. The van der Waals surface area contributed by atoms with Gasteiger partial charge in [0.15, 0.2) is 0 Å². The van der Waals surface area contributed by atoms with E-state index in [2.05, 4.69) is 30.3 Å². The third-order valence-electron chi connectivity index (χ3n) is 6.18. The molecule has 0 amide bonds. The lowest BCUT2D eigenvalue weighted by Gasteiger charge is -2.38. The van der Waals surface area contributed by atoms with E-state index in [-0.39, 0.29) is 18.6 Å². The summed E-state index contributed by atoms with van der Waals surface area (Å²) in [6.07, 6.45) is 3.90. The monoisotopic (exact) mass is 457 g/mol. The summed E-state index contributed by atoms with van der Waals surface area (Å²) in [6, 6.07) is 9.55. The molecule has 3 heterocycles. The number of piperidine rings is 1. The van der Waals surface area contributed by atoms with Gasteiger partial charge in [0.25, 0.3) is 0 Å². The highest BCUT2D eigenvalue weighted by molar-refractivity contribution is 6.30. The fourth-order valence-electron chi connectivity index (χ4n) is 4.73. The van der Waals surface area contributed by atoms with Gasteiger partial charge < -0.3 is 15.0 Å². The standard InChI is InChI=1S/C22H25ClFN7O/c1-14-9-19(26-13-25-14)30-11-15-5-6-16(12-30)20(15)27-21-28-22(31(29-21)8-7-24)32-18-4-2-3-17(23)10-18/h2-4,9-10,13,15-16,20H,5-8,11-12H2,1H3,(H,27,29)/t15-,16+,20+. The van der Waals surface area contributed by atoms with E-state index in [1.807, 2.05) is 13.0 Å². The van der Waals surface area contributed by atoms with E-state index in [9.17, 15) is 4.39 Å². The fraction of sp³-hybridized carbons (Fsp3) is 0.455. The number of aromatic nitrogens is 5. The number of hydrogen-bond acceptors (Lipinski definition) is 7. The van der Waals surface area contributed by atoms with Gasteiger partial charge in [0.05, 0.1) is 6.54 Å². The Morgan fingerprint density at radius 3 is 2.72 bits per heavy atom. The second-order valence-electron chi connectivity index (χ2n) is 8.38. The molecule has 2 fully saturated rings. The van der Waals surface area contributed by atoms with Gasteiger partial charge in [-0.15, -0.1) is 5.10 Å². The number of fused-ring (bicyclic) bond motifs is 2. The summed E-state index contributed by atoms with van der Waals surface area (Å²) in [5.41, 5.74) is 0.970. The van der Waals surface area contributed by atoms with Crippen LogP contribution in [0.2, 0.25) is 5.02 Å². The van der Waals surface area contributed by atoms with Gasteiger partial charge in [-0.05, 0) is 49.8 Å². The molecule has 1 saturated heterocycles. The SMILES string of the molecule is Cc1cc(N2C[C@H]3CC[C@@H](C2)[C@H]3Nc2nc(Oc3cccc(Cl)c3)n(CCF)n2)ncn1. The van der Waals surface area contributed by atoms with Crippen molar-refractivity contribution in [3.05, 3.63) is 47.4 Å². The van der Waals surface area contributed by atoms with Crippen LogP contribution in [-0.4, -0.2) is 50.5 Å². The van der Waals surface area contributed by atoms with Gasteiger partial charge in [-0.3, -0.25) is 0 Å². The van der Waals surface area contributed by atoms with E-state index < -0.39 is 6.67 Å². The molecule has 3 atom stereocenters. The number of rotatable bonds is 7. The molecule has 0 radical (unpaired) electrons. The number of ether oxygens (including phenoxy) is 1. The maximum absolute atomic E-state index is 13.1. The van der Waals surface area contributed by atoms with E-state index >= 15 is 0 Å². The molecule has 10 heteroatoms. The molecule has 168 valence electrons. The van der Waals surface area contributed by atoms with Crippen LogP contribution in [0.25, 0.3) is 0 Å². The highest BCUT2D eigenvalue weighted by Gasteiger charge is 2.43. The van der Waals surface area contributed by atoms with Gasteiger partial charge in [0.2, 0.25) is 5.95 Å². The summed E-state index contributed by atoms with van der Waals surface area (Å²) in [5, 5.41) is 8.53. The minimum absolute atomic E-state index is 0.0724. The highest BCUT2D eigenvalue weighted by Crippen LogP contribution is 2.39. The molecule has 0 spiro atoms. The lowest BCUT2D eigenvalue weighted by molar-refractivity contribution is 0.363. The number of aryl methyl sites for hydroxylation is 2. The summed E-state index contributed by atoms with van der Waals surface area (Å²) in [5.74, 6) is 2.88. The molecule has 1 aromatic carbocycles. The van der Waals surface area contributed by atoms with Crippen molar-refractivity contribution in [3.8, 4) is 11.8 Å². The largest absolute Gasteiger partial charge is 0.424 e. The van der Waals surface area contributed by atoms with Gasteiger partial charge in [-0.2, -0.15) is 4.98 Å². The minimum Gasteiger partial charge on any atom is -0.424 e. The van der Waals surface area contributed by atoms with Crippen LogP contribution in [0.1, 0.15) is 18.5 Å². The maximum Gasteiger partial charge on any atom is 0.322 e. The molecule has 2 bridgehead atoms. The zero-order valence-corrected chi connectivity index (χ0v) is 18.5. The third-order valence-corrected chi connectivity index (χ3v) is 6.42. The topological polar surface area (TPSA) is 81.0 Å². The van der Waals surface area contributed by atoms with Crippen LogP contribution in [0.4, 0.5) is 16.2 Å². The van der Waals surface area contributed by atoms with Crippen LogP contribution in [-0.2, 0) is 6.54 Å². The normalized spacial score (nSPS) is 22.2. The van der Waals surface area contributed by atoms with Crippen molar-refractivity contribution in [3.63, 3.8) is 0 Å². The Morgan fingerprint density at radius 1 is 1.19 bits per heavy atom. The van der Waals surface area contributed by atoms with E-state index in [1.54, 1.807) is 30.6 Å². The van der Waals surface area contributed by atoms with Crippen molar-refractivity contribution in [2.24, 2.45) is 11.8 Å². The number of benzene rings is 1. The molecular formula is C22H25ClFN7O. The Bertz CT molecular complexity index is 1080. The number of halogens is 2. The molecule has 2 aliphatic rings. The second kappa shape index (κ2) is 8.90. The van der Waals surface area contributed by atoms with Crippen molar-refractivity contribution < 1.29 is 9.13 Å². The molecule has 1 N–H and O–H groups in total. The first-order valence-corrected chi connectivity index (χ1v) is 11.2. The molecule has 32 heavy (non-hydrogen) atoms. The van der Waals surface area contributed by atoms with Crippen molar-refractivity contribution in [1.29, 1.82) is 0 Å². The zero-order valence-electron chi connectivity index (χ0n) is 17.8. The lowest BCUT2D eigenvalue weighted by atomic mass is 9.92. The van der Waals surface area contributed by atoms with E-state index in [0.717, 1.165) is 37.4 Å². The molecular weight excluding hydrogens is 433 g/mol. The maximum atomic E-state index is 13.1. The first kappa shape index (κ1) is 20.9. The molecule has 0 unspecified atom stereocenters. The van der Waals surface area contributed by atoms with Crippen molar-refractivity contribution in [1.82, 2.24) is 24.7 Å². The second-order valence-corrected chi connectivity index (χ2v) is 8.82. The third kappa shape index (κ3) is 4.34. The highest BCUT2D eigenvalue weighted by atomic mass is 35.5. The van der Waals surface area contributed by atoms with Crippen LogP contribution < -0.4 is 15.0 Å². The summed E-state index contributed by atoms with van der Waals surface area (Å²) in [7, 11) is 0. The van der Waals surface area contributed by atoms with Crippen molar-refractivity contribution in [2.75, 3.05) is 30.0 Å². The van der Waals surface area contributed by atoms with Gasteiger partial charge >= 0.3 is 6.01 Å². The number of anilines is 2. The van der Waals surface area contributed by atoms with Crippen LogP contribution in [0, 0.1) is 18.8 Å². The van der Waals surface area contributed by atoms with Crippen molar-refractivity contribution in [2.45, 2.75) is 32.4 Å². The van der Waals surface area contributed by atoms with Gasteiger partial charge in [0.1, 0.15) is 24.6 Å². The van der Waals surface area contributed by atoms with Crippen LogP contribution >= 0.6 is 11.6 Å². The van der Waals surface area contributed by atoms with E-state index in [4.69, 9.17) is 16.3 Å². The van der Waals surface area contributed by atoms with Crippen LogP contribution in [0.5, 0.6) is 11.8 Å². The predicted molar refractivity (Wildman–Crippen MR) is 120 cm³/mol. The predicted octanol–water partition coefficient (Wildman–Crippen LogP) is 4.12. The zero-order chi connectivity index (χ0) is 22.1. The number of nitrogens with one attached hydrogen (secondary N) is 1. The Morgan fingerprint density at radius 2 is 2.00 bits per heavy atom. The molecule has 8 nitrogen and oxygen atoms in total. The molecule has 3 aromatic rings. The van der Waals surface area contributed by atoms with Gasteiger partial charge in [-0.1, -0.05) is 17.7 Å². The fourth-order valence-corrected chi connectivity index (χ4v) is 4.91. The van der Waals surface area contributed by atoms with Crippen LogP contribution in [0.3, 0.4) is 0 Å². The lowest BCUT2D eigenvalue weighted by Crippen LogP contribution is -2.48. The molecule has 1 saturated carbocycles. The molecule has 1 aliphatic carbocycles. The van der Waals surface area contributed by atoms with Crippen LogP contribution in [0.15, 0.2) is 36.7 Å². The van der Waals surface area contributed by atoms with E-state index in [0.29, 0.717) is 28.6 Å². The van der Waals surface area contributed by atoms with Gasteiger partial charge in [-0.25, -0.2) is 19.0 Å². The smallest absolute Gasteiger partial charge is 0.322 e. The molecule has 2 aromatic heterocycles. The Balaban J connectivity index is 1.31. The van der Waals surface area contributed by atoms with Gasteiger partial charge in [0, 0.05) is 35.9 Å². The summed E-state index contributed by atoms with van der Waals surface area (Å²) < 4.78 is 20.4. The first-order valence-electron chi connectivity index (χ1n) is 10.8. The molecule has 1 aliphatic heterocycles. The quantitative estimate of drug-likeness (QED) is 0.571. The summed E-state index contributed by atoms with van der Waals surface area (Å²) >= 11 is 6.04. The first-order chi connectivity index (χ1) is 15.6. The summed E-state index contributed by atoms with van der Waals surface area (Å²) in [4.78, 5) is 15.5. The number of hydrogen-bond donors (Lipinski definition) is 1. The van der Waals surface area contributed by atoms with Crippen molar-refractivity contribution >= 4 is 23.4 Å². The summed E-state index contributed by atoms with van der Waals surface area (Å²) in [6.45, 7) is 3.33. The average molecular weight is 458 g/mol. The number of nitrogens with zero attached hydrogens (tertiary/aromatic N) is 6. The van der Waals surface area contributed by atoms with E-state index in [1.165, 1.54) is 4.68 Å². The Hall–Kier alpha value is -2.94. The number of alkyl halides is 1.